The minimum absolute atomic E-state index is 0.0429. The molecule has 0 saturated carbocycles. The maximum atomic E-state index is 13.3. The van der Waals surface area contributed by atoms with Crippen LogP contribution >= 0.6 is 11.6 Å². The van der Waals surface area contributed by atoms with E-state index in [2.05, 4.69) is 4.98 Å². The molecule has 0 spiro atoms. The number of hydrogen-bond donors (Lipinski definition) is 0. The lowest BCUT2D eigenvalue weighted by molar-refractivity contribution is -0.198. The van der Waals surface area contributed by atoms with Gasteiger partial charge in [0.1, 0.15) is 12.3 Å². The van der Waals surface area contributed by atoms with Crippen LogP contribution in [0.3, 0.4) is 0 Å². The van der Waals surface area contributed by atoms with Gasteiger partial charge in [-0.15, -0.1) is 0 Å². The van der Waals surface area contributed by atoms with Crippen LogP contribution in [0.4, 0.5) is 13.2 Å². The number of carbonyl (C=O) groups is 1. The Labute approximate surface area is 162 Å². The highest BCUT2D eigenvalue weighted by Crippen LogP contribution is 2.30. The van der Waals surface area contributed by atoms with Crippen LogP contribution in [0.5, 0.6) is 0 Å². The molecule has 2 aromatic heterocycles. The first-order valence-corrected chi connectivity index (χ1v) is 8.57. The molecule has 0 aliphatic rings. The van der Waals surface area contributed by atoms with Crippen LogP contribution in [0, 0.1) is 5.92 Å². The first-order valence-electron chi connectivity index (χ1n) is 8.19. The van der Waals surface area contributed by atoms with Crippen LogP contribution in [0.1, 0.15) is 11.3 Å². The topological polar surface area (TPSA) is 60.7 Å². The average molecular weight is 411 g/mol. The van der Waals surface area contributed by atoms with Crippen molar-refractivity contribution in [1.82, 2.24) is 9.38 Å². The number of rotatable bonds is 5. The van der Waals surface area contributed by atoms with E-state index in [4.69, 9.17) is 16.3 Å². The number of aromatic nitrogens is 2. The van der Waals surface area contributed by atoms with Crippen molar-refractivity contribution >= 4 is 23.2 Å². The summed E-state index contributed by atoms with van der Waals surface area (Å²) in [6, 6.07) is 11.9. The van der Waals surface area contributed by atoms with Gasteiger partial charge in [-0.25, -0.2) is 4.98 Å². The summed E-state index contributed by atoms with van der Waals surface area (Å²) in [4.78, 5) is 28.3. The van der Waals surface area contributed by atoms with E-state index >= 15 is 0 Å². The van der Waals surface area contributed by atoms with E-state index in [1.54, 1.807) is 18.2 Å². The van der Waals surface area contributed by atoms with Gasteiger partial charge in [-0.1, -0.05) is 41.9 Å². The van der Waals surface area contributed by atoms with Gasteiger partial charge in [-0.05, 0) is 24.1 Å². The van der Waals surface area contributed by atoms with Crippen molar-refractivity contribution in [3.63, 3.8) is 0 Å². The molecule has 2 heterocycles. The lowest BCUT2D eigenvalue weighted by Crippen LogP contribution is -2.34. The smallest absolute Gasteiger partial charge is 0.402 e. The molecule has 3 rings (SSSR count). The number of halogens is 4. The van der Waals surface area contributed by atoms with Gasteiger partial charge < -0.3 is 4.74 Å². The van der Waals surface area contributed by atoms with Gasteiger partial charge in [-0.2, -0.15) is 13.2 Å². The SMILES string of the molecule is O=C(OCc1cc(=O)n2cc(Cl)ccc2n1)C(Cc1ccccc1)C(F)(F)F. The van der Waals surface area contributed by atoms with E-state index in [9.17, 15) is 22.8 Å². The quantitative estimate of drug-likeness (QED) is 0.600. The molecule has 3 aromatic rings. The standard InChI is InChI=1S/C19H14ClF3N2O3/c20-13-6-7-16-24-14(9-17(26)25(16)10-13)11-28-18(27)15(19(21,22)23)8-12-4-2-1-3-5-12/h1-7,9-10,15H,8,11H2. The Morgan fingerprint density at radius 2 is 1.89 bits per heavy atom. The molecular weight excluding hydrogens is 397 g/mol. The molecule has 0 bridgehead atoms. The van der Waals surface area contributed by atoms with Gasteiger partial charge in [0, 0.05) is 12.3 Å². The average Bonchev–Trinajstić information content (AvgIpc) is 2.65. The number of nitrogens with zero attached hydrogens (tertiary/aromatic N) is 2. The summed E-state index contributed by atoms with van der Waals surface area (Å²) in [5.41, 5.74) is 0.150. The third-order valence-corrected chi connectivity index (χ3v) is 4.22. The minimum atomic E-state index is -4.76. The molecule has 0 saturated heterocycles. The molecule has 28 heavy (non-hydrogen) atoms. The zero-order valence-corrected chi connectivity index (χ0v) is 15.1. The molecule has 0 N–H and O–H groups in total. The number of hydrogen-bond acceptors (Lipinski definition) is 4. The number of benzene rings is 1. The molecule has 0 aliphatic carbocycles. The molecule has 5 nitrogen and oxygen atoms in total. The first kappa shape index (κ1) is 19.9. The van der Waals surface area contributed by atoms with Crippen LogP contribution < -0.4 is 5.56 Å². The lowest BCUT2D eigenvalue weighted by Gasteiger charge is -2.19. The third kappa shape index (κ3) is 4.69. The summed E-state index contributed by atoms with van der Waals surface area (Å²) in [5, 5.41) is 0.324. The Bertz CT molecular complexity index is 1050. The number of pyridine rings is 1. The van der Waals surface area contributed by atoms with E-state index in [-0.39, 0.29) is 11.3 Å². The number of esters is 1. The van der Waals surface area contributed by atoms with E-state index in [1.807, 2.05) is 0 Å². The second-order valence-corrected chi connectivity index (χ2v) is 6.49. The molecule has 9 heteroatoms. The summed E-state index contributed by atoms with van der Waals surface area (Å²) < 4.78 is 45.9. The van der Waals surface area contributed by atoms with E-state index in [0.717, 1.165) is 6.07 Å². The van der Waals surface area contributed by atoms with Gasteiger partial charge in [-0.3, -0.25) is 14.0 Å². The number of carbonyl (C=O) groups excluding carboxylic acids is 1. The number of alkyl halides is 3. The molecule has 146 valence electrons. The zero-order valence-electron chi connectivity index (χ0n) is 14.3. The fraction of sp³-hybridized carbons (Fsp3) is 0.211. The minimum Gasteiger partial charge on any atom is -0.459 e. The van der Waals surface area contributed by atoms with Crippen molar-refractivity contribution in [2.75, 3.05) is 0 Å². The monoisotopic (exact) mass is 410 g/mol. The molecule has 0 aliphatic heterocycles. The maximum absolute atomic E-state index is 13.3. The normalized spacial score (nSPS) is 12.7. The van der Waals surface area contributed by atoms with E-state index < -0.39 is 36.7 Å². The van der Waals surface area contributed by atoms with Crippen molar-refractivity contribution < 1.29 is 22.7 Å². The second kappa shape index (κ2) is 8.02. The summed E-state index contributed by atoms with van der Waals surface area (Å²) in [7, 11) is 0. The largest absolute Gasteiger partial charge is 0.459 e. The molecule has 1 atom stereocenters. The number of fused-ring (bicyclic) bond motifs is 1. The van der Waals surface area contributed by atoms with Gasteiger partial charge >= 0.3 is 12.1 Å². The Morgan fingerprint density at radius 3 is 2.57 bits per heavy atom. The van der Waals surface area contributed by atoms with Gasteiger partial charge in [0.2, 0.25) is 0 Å². The van der Waals surface area contributed by atoms with Crippen molar-refractivity contribution in [3.8, 4) is 0 Å². The predicted octanol–water partition coefficient (Wildman–Crippen LogP) is 3.81. The van der Waals surface area contributed by atoms with Crippen LogP contribution in [0.15, 0.2) is 59.5 Å². The lowest BCUT2D eigenvalue weighted by atomic mass is 9.99. The Morgan fingerprint density at radius 1 is 1.18 bits per heavy atom. The Balaban J connectivity index is 1.76. The summed E-state index contributed by atoms with van der Waals surface area (Å²) >= 11 is 5.81. The van der Waals surface area contributed by atoms with Gasteiger partial charge in [0.25, 0.3) is 5.56 Å². The van der Waals surface area contributed by atoms with Crippen molar-refractivity contribution in [2.45, 2.75) is 19.2 Å². The van der Waals surface area contributed by atoms with E-state index in [1.165, 1.54) is 34.9 Å². The fourth-order valence-electron chi connectivity index (χ4n) is 2.63. The highest BCUT2D eigenvalue weighted by atomic mass is 35.5. The highest BCUT2D eigenvalue weighted by molar-refractivity contribution is 6.30. The molecule has 0 fully saturated rings. The molecule has 0 radical (unpaired) electrons. The molecule has 1 aromatic carbocycles. The zero-order chi connectivity index (χ0) is 20.3. The third-order valence-electron chi connectivity index (χ3n) is 4.00. The van der Waals surface area contributed by atoms with Crippen LogP contribution in [-0.4, -0.2) is 21.5 Å². The van der Waals surface area contributed by atoms with Crippen LogP contribution in [0.25, 0.3) is 5.65 Å². The molecule has 1 unspecified atom stereocenters. The number of ether oxygens (including phenoxy) is 1. The maximum Gasteiger partial charge on any atom is 0.402 e. The van der Waals surface area contributed by atoms with Crippen molar-refractivity contribution in [1.29, 1.82) is 0 Å². The highest BCUT2D eigenvalue weighted by Gasteiger charge is 2.45. The predicted molar refractivity (Wildman–Crippen MR) is 96.0 cm³/mol. The first-order chi connectivity index (χ1) is 13.2. The Kier molecular flexibility index (Phi) is 5.69. The molecule has 0 amide bonds. The van der Waals surface area contributed by atoms with Crippen molar-refractivity contribution in [3.05, 3.63) is 81.4 Å². The van der Waals surface area contributed by atoms with Gasteiger partial charge in [0.05, 0.1) is 10.7 Å². The van der Waals surface area contributed by atoms with E-state index in [0.29, 0.717) is 10.6 Å². The molecular formula is C19H14ClF3N2O3. The summed E-state index contributed by atoms with van der Waals surface area (Å²) in [5.74, 6) is -3.73. The summed E-state index contributed by atoms with van der Waals surface area (Å²) in [6.07, 6.45) is -3.93. The summed E-state index contributed by atoms with van der Waals surface area (Å²) in [6.45, 7) is -0.547. The van der Waals surface area contributed by atoms with Crippen LogP contribution in [-0.2, 0) is 22.6 Å². The van der Waals surface area contributed by atoms with Gasteiger partial charge in [0.15, 0.2) is 5.92 Å². The fourth-order valence-corrected chi connectivity index (χ4v) is 2.79. The second-order valence-electron chi connectivity index (χ2n) is 6.05. The Hall–Kier alpha value is -2.87. The van der Waals surface area contributed by atoms with Crippen LogP contribution in [0.2, 0.25) is 5.02 Å². The van der Waals surface area contributed by atoms with Crippen molar-refractivity contribution in [2.24, 2.45) is 5.92 Å².